The second-order valence-corrected chi connectivity index (χ2v) is 7.34. The van der Waals surface area contributed by atoms with Gasteiger partial charge < -0.3 is 15.1 Å². The third-order valence-corrected chi connectivity index (χ3v) is 5.20. The molecule has 0 bridgehead atoms. The van der Waals surface area contributed by atoms with Gasteiger partial charge in [-0.15, -0.1) is 0 Å². The van der Waals surface area contributed by atoms with Crippen molar-refractivity contribution in [1.82, 2.24) is 14.9 Å². The SMILES string of the molecule is Cc1ccc(C)c(Nc2cc(C(=O)N3CCN(c4ccccn4)CC3)ccn2)c1. The second kappa shape index (κ2) is 8.31. The van der Waals surface area contributed by atoms with E-state index in [0.717, 1.165) is 30.2 Å². The number of anilines is 3. The maximum Gasteiger partial charge on any atom is 0.254 e. The molecule has 1 aromatic carbocycles. The van der Waals surface area contributed by atoms with Gasteiger partial charge in [-0.1, -0.05) is 18.2 Å². The summed E-state index contributed by atoms with van der Waals surface area (Å²) in [5, 5.41) is 3.34. The Morgan fingerprint density at radius 3 is 2.52 bits per heavy atom. The van der Waals surface area contributed by atoms with E-state index < -0.39 is 0 Å². The van der Waals surface area contributed by atoms with E-state index in [1.54, 1.807) is 18.5 Å². The van der Waals surface area contributed by atoms with Gasteiger partial charge in [-0.3, -0.25) is 4.79 Å². The van der Waals surface area contributed by atoms with Crippen LogP contribution in [-0.4, -0.2) is 47.0 Å². The van der Waals surface area contributed by atoms with Gasteiger partial charge in [0.25, 0.3) is 5.91 Å². The lowest BCUT2D eigenvalue weighted by Gasteiger charge is -2.35. The molecule has 0 spiro atoms. The summed E-state index contributed by atoms with van der Waals surface area (Å²) in [7, 11) is 0. The molecule has 3 heterocycles. The summed E-state index contributed by atoms with van der Waals surface area (Å²) in [5.41, 5.74) is 3.97. The van der Waals surface area contributed by atoms with E-state index in [2.05, 4.69) is 52.2 Å². The predicted octanol–water partition coefficient (Wildman–Crippen LogP) is 3.80. The lowest BCUT2D eigenvalue weighted by molar-refractivity contribution is 0.0746. The zero-order valence-electron chi connectivity index (χ0n) is 16.8. The smallest absolute Gasteiger partial charge is 0.254 e. The highest BCUT2D eigenvalue weighted by atomic mass is 16.2. The monoisotopic (exact) mass is 387 g/mol. The molecule has 0 unspecified atom stereocenters. The van der Waals surface area contributed by atoms with Crippen molar-refractivity contribution in [3.63, 3.8) is 0 Å². The quantitative estimate of drug-likeness (QED) is 0.738. The first-order valence-electron chi connectivity index (χ1n) is 9.86. The molecule has 1 fully saturated rings. The number of carbonyl (C=O) groups is 1. The van der Waals surface area contributed by atoms with Crippen molar-refractivity contribution in [1.29, 1.82) is 0 Å². The first-order chi connectivity index (χ1) is 14.1. The Morgan fingerprint density at radius 1 is 0.931 bits per heavy atom. The average Bonchev–Trinajstić information content (AvgIpc) is 2.77. The molecule has 148 valence electrons. The molecule has 6 nitrogen and oxygen atoms in total. The second-order valence-electron chi connectivity index (χ2n) is 7.34. The number of carbonyl (C=O) groups excluding carboxylic acids is 1. The maximum absolute atomic E-state index is 13.0. The molecule has 0 atom stereocenters. The Balaban J connectivity index is 1.43. The van der Waals surface area contributed by atoms with Crippen LogP contribution in [0.15, 0.2) is 60.9 Å². The van der Waals surface area contributed by atoms with Crippen molar-refractivity contribution in [3.05, 3.63) is 77.6 Å². The molecule has 1 aliphatic heterocycles. The molecule has 0 saturated carbocycles. The van der Waals surface area contributed by atoms with Gasteiger partial charge in [0.15, 0.2) is 0 Å². The lowest BCUT2D eigenvalue weighted by Crippen LogP contribution is -2.49. The van der Waals surface area contributed by atoms with E-state index in [9.17, 15) is 4.79 Å². The minimum Gasteiger partial charge on any atom is -0.353 e. The molecule has 29 heavy (non-hydrogen) atoms. The maximum atomic E-state index is 13.0. The number of amides is 1. The molecule has 1 aliphatic rings. The van der Waals surface area contributed by atoms with Crippen LogP contribution >= 0.6 is 0 Å². The van der Waals surface area contributed by atoms with Gasteiger partial charge in [-0.05, 0) is 55.3 Å². The van der Waals surface area contributed by atoms with Gasteiger partial charge >= 0.3 is 0 Å². The summed E-state index contributed by atoms with van der Waals surface area (Å²) in [6.45, 7) is 7.03. The number of nitrogens with one attached hydrogen (secondary N) is 1. The molecule has 1 amide bonds. The number of aryl methyl sites for hydroxylation is 2. The van der Waals surface area contributed by atoms with E-state index >= 15 is 0 Å². The Labute approximate surface area is 171 Å². The minimum atomic E-state index is 0.0390. The van der Waals surface area contributed by atoms with Crippen molar-refractivity contribution in [3.8, 4) is 0 Å². The van der Waals surface area contributed by atoms with E-state index in [1.807, 2.05) is 29.2 Å². The van der Waals surface area contributed by atoms with Crippen molar-refractivity contribution in [2.45, 2.75) is 13.8 Å². The summed E-state index contributed by atoms with van der Waals surface area (Å²) in [4.78, 5) is 25.9. The van der Waals surface area contributed by atoms with Gasteiger partial charge in [0.05, 0.1) is 0 Å². The van der Waals surface area contributed by atoms with Crippen molar-refractivity contribution >= 4 is 23.2 Å². The van der Waals surface area contributed by atoms with Crippen LogP contribution in [0.3, 0.4) is 0 Å². The largest absolute Gasteiger partial charge is 0.353 e. The molecule has 0 aliphatic carbocycles. The zero-order chi connectivity index (χ0) is 20.2. The summed E-state index contributed by atoms with van der Waals surface area (Å²) < 4.78 is 0. The Bertz CT molecular complexity index is 997. The van der Waals surface area contributed by atoms with E-state index in [1.165, 1.54) is 5.56 Å². The van der Waals surface area contributed by atoms with Crippen LogP contribution in [0.25, 0.3) is 0 Å². The molecular formula is C23H25N5O. The number of hydrogen-bond acceptors (Lipinski definition) is 5. The normalized spacial score (nSPS) is 14.0. The highest BCUT2D eigenvalue weighted by Crippen LogP contribution is 2.22. The van der Waals surface area contributed by atoms with E-state index in [0.29, 0.717) is 24.5 Å². The molecule has 6 heteroatoms. The van der Waals surface area contributed by atoms with Gasteiger partial charge in [-0.2, -0.15) is 0 Å². The summed E-state index contributed by atoms with van der Waals surface area (Å²) >= 11 is 0. The van der Waals surface area contributed by atoms with Crippen LogP contribution < -0.4 is 10.2 Å². The first-order valence-corrected chi connectivity index (χ1v) is 9.86. The lowest BCUT2D eigenvalue weighted by atomic mass is 10.1. The summed E-state index contributed by atoms with van der Waals surface area (Å²) in [5.74, 6) is 1.68. The van der Waals surface area contributed by atoms with Crippen LogP contribution in [0.5, 0.6) is 0 Å². The number of benzene rings is 1. The fourth-order valence-corrected chi connectivity index (χ4v) is 3.50. The van der Waals surface area contributed by atoms with Crippen LogP contribution in [0.2, 0.25) is 0 Å². The van der Waals surface area contributed by atoms with Crippen LogP contribution in [0.1, 0.15) is 21.5 Å². The molecule has 1 N–H and O–H groups in total. The van der Waals surface area contributed by atoms with Gasteiger partial charge in [-0.25, -0.2) is 9.97 Å². The van der Waals surface area contributed by atoms with Crippen molar-refractivity contribution in [2.75, 3.05) is 36.4 Å². The highest BCUT2D eigenvalue weighted by Gasteiger charge is 2.23. The first kappa shape index (κ1) is 18.9. The third-order valence-electron chi connectivity index (χ3n) is 5.20. The number of aromatic nitrogens is 2. The molecule has 0 radical (unpaired) electrons. The number of piperazine rings is 1. The topological polar surface area (TPSA) is 61.4 Å². The Morgan fingerprint density at radius 2 is 1.76 bits per heavy atom. The summed E-state index contributed by atoms with van der Waals surface area (Å²) in [6.07, 6.45) is 3.49. The number of hydrogen-bond donors (Lipinski definition) is 1. The van der Waals surface area contributed by atoms with Crippen LogP contribution in [0.4, 0.5) is 17.3 Å². The Hall–Kier alpha value is -3.41. The number of rotatable bonds is 4. The Kier molecular flexibility index (Phi) is 5.42. The fourth-order valence-electron chi connectivity index (χ4n) is 3.50. The average molecular weight is 387 g/mol. The fraction of sp³-hybridized carbons (Fsp3) is 0.261. The van der Waals surface area contributed by atoms with E-state index in [-0.39, 0.29) is 5.91 Å². The van der Waals surface area contributed by atoms with Crippen molar-refractivity contribution in [2.24, 2.45) is 0 Å². The molecule has 1 saturated heterocycles. The molecule has 2 aromatic heterocycles. The van der Waals surface area contributed by atoms with Gasteiger partial charge in [0.2, 0.25) is 0 Å². The number of pyridine rings is 2. The molecular weight excluding hydrogens is 362 g/mol. The minimum absolute atomic E-state index is 0.0390. The van der Waals surface area contributed by atoms with Gasteiger partial charge in [0.1, 0.15) is 11.6 Å². The molecule has 3 aromatic rings. The van der Waals surface area contributed by atoms with Gasteiger partial charge in [0, 0.05) is 49.8 Å². The van der Waals surface area contributed by atoms with Crippen LogP contribution in [0, 0.1) is 13.8 Å². The number of nitrogens with zero attached hydrogens (tertiary/aromatic N) is 4. The zero-order valence-corrected chi connectivity index (χ0v) is 16.8. The predicted molar refractivity (Wildman–Crippen MR) is 116 cm³/mol. The van der Waals surface area contributed by atoms with Crippen LogP contribution in [-0.2, 0) is 0 Å². The van der Waals surface area contributed by atoms with Crippen molar-refractivity contribution < 1.29 is 4.79 Å². The standard InChI is InChI=1S/C23H25N5O/c1-17-6-7-18(2)20(15-17)26-21-16-19(8-10-24-21)23(29)28-13-11-27(12-14-28)22-5-3-4-9-25-22/h3-10,15-16H,11-14H2,1-2H3,(H,24,26). The molecule has 4 rings (SSSR count). The summed E-state index contributed by atoms with van der Waals surface area (Å²) in [6, 6.07) is 15.8. The van der Waals surface area contributed by atoms with E-state index in [4.69, 9.17) is 0 Å². The highest BCUT2D eigenvalue weighted by molar-refractivity contribution is 5.95. The third kappa shape index (κ3) is 4.37.